The molecule has 0 spiro atoms. The van der Waals surface area contributed by atoms with Gasteiger partial charge in [-0.2, -0.15) is 0 Å². The van der Waals surface area contributed by atoms with Crippen LogP contribution in [-0.4, -0.2) is 12.2 Å². The van der Waals surface area contributed by atoms with E-state index >= 15 is 0 Å². The highest BCUT2D eigenvalue weighted by molar-refractivity contribution is 9.10. The molecule has 0 aromatic heterocycles. The molecule has 1 atom stereocenters. The summed E-state index contributed by atoms with van der Waals surface area (Å²) < 4.78 is 5.81. The molecule has 0 amide bonds. The predicted molar refractivity (Wildman–Crippen MR) is 90.9 cm³/mol. The second-order valence-corrected chi connectivity index (χ2v) is 6.12. The Morgan fingerprint density at radius 2 is 1.90 bits per heavy atom. The van der Waals surface area contributed by atoms with Gasteiger partial charge in [-0.15, -0.1) is 0 Å². The molecule has 0 aliphatic heterocycles. The third-order valence-electron chi connectivity index (χ3n) is 3.11. The Hall–Kier alpha value is -1.10. The number of aromatic hydroxyl groups is 1. The number of benzene rings is 2. The summed E-state index contributed by atoms with van der Waals surface area (Å²) in [4.78, 5) is 0. The van der Waals surface area contributed by atoms with Gasteiger partial charge >= 0.3 is 0 Å². The zero-order valence-electron chi connectivity index (χ0n) is 11.5. The summed E-state index contributed by atoms with van der Waals surface area (Å²) in [5, 5.41) is 14.2. The monoisotopic (exact) mass is 389 g/mol. The van der Waals surface area contributed by atoms with Gasteiger partial charge in [0.15, 0.2) is 0 Å². The lowest BCUT2D eigenvalue weighted by atomic mass is 10.1. The maximum atomic E-state index is 10.1. The molecule has 0 aliphatic rings. The van der Waals surface area contributed by atoms with Gasteiger partial charge in [0.2, 0.25) is 0 Å². The van der Waals surface area contributed by atoms with Crippen molar-refractivity contribution in [1.82, 2.24) is 0 Å². The molecular formula is C15H14BrCl2NO2. The fourth-order valence-corrected chi connectivity index (χ4v) is 2.79. The number of hydrogen-bond donors (Lipinski definition) is 2. The number of anilines is 1. The lowest BCUT2D eigenvalue weighted by Gasteiger charge is -2.19. The molecule has 0 saturated carbocycles. The highest BCUT2D eigenvalue weighted by Crippen LogP contribution is 2.38. The molecule has 0 saturated heterocycles. The summed E-state index contributed by atoms with van der Waals surface area (Å²) in [6.45, 7) is 1.92. The van der Waals surface area contributed by atoms with E-state index in [1.54, 1.807) is 25.3 Å². The fraction of sp³-hybridized carbons (Fsp3) is 0.200. The van der Waals surface area contributed by atoms with Crippen molar-refractivity contribution in [3.63, 3.8) is 0 Å². The third kappa shape index (κ3) is 3.57. The lowest BCUT2D eigenvalue weighted by molar-refractivity contribution is 0.406. The Bertz CT molecular complexity index is 664. The van der Waals surface area contributed by atoms with Crippen molar-refractivity contribution in [3.05, 3.63) is 50.4 Å². The standard InChI is InChI=1S/C15H14BrCl2NO2/c1-8(10-4-3-9(21-2)7-13(10)20)19-12-6-5-11(16)14(17)15(12)18/h3-8,19-20H,1-2H3. The number of phenols is 1. The van der Waals surface area contributed by atoms with Gasteiger partial charge in [0.1, 0.15) is 11.5 Å². The normalized spacial score (nSPS) is 12.0. The minimum atomic E-state index is -0.148. The number of halogens is 3. The minimum absolute atomic E-state index is 0.148. The second kappa shape index (κ2) is 6.77. The van der Waals surface area contributed by atoms with Crippen molar-refractivity contribution in [3.8, 4) is 11.5 Å². The molecule has 112 valence electrons. The molecule has 2 aromatic rings. The first-order chi connectivity index (χ1) is 9.93. The lowest BCUT2D eigenvalue weighted by Crippen LogP contribution is -2.07. The first-order valence-electron chi connectivity index (χ1n) is 6.21. The van der Waals surface area contributed by atoms with Crippen molar-refractivity contribution in [2.75, 3.05) is 12.4 Å². The molecule has 0 radical (unpaired) electrons. The van der Waals surface area contributed by atoms with E-state index in [9.17, 15) is 5.11 Å². The SMILES string of the molecule is COc1ccc(C(C)Nc2ccc(Br)c(Cl)c2Cl)c(O)c1. The van der Waals surface area contributed by atoms with E-state index in [1.807, 2.05) is 19.1 Å². The first kappa shape index (κ1) is 16.3. The summed E-state index contributed by atoms with van der Waals surface area (Å²) in [6, 6.07) is 8.67. The van der Waals surface area contributed by atoms with Crippen LogP contribution in [0.1, 0.15) is 18.5 Å². The van der Waals surface area contributed by atoms with Crippen LogP contribution >= 0.6 is 39.1 Å². The average molecular weight is 391 g/mol. The molecule has 2 N–H and O–H groups in total. The van der Waals surface area contributed by atoms with Crippen LogP contribution < -0.4 is 10.1 Å². The van der Waals surface area contributed by atoms with Crippen LogP contribution in [0, 0.1) is 0 Å². The van der Waals surface area contributed by atoms with Gasteiger partial charge in [-0.25, -0.2) is 0 Å². The van der Waals surface area contributed by atoms with E-state index in [-0.39, 0.29) is 11.8 Å². The number of ether oxygens (including phenoxy) is 1. The zero-order chi connectivity index (χ0) is 15.6. The summed E-state index contributed by atoms with van der Waals surface area (Å²) in [5.74, 6) is 0.766. The topological polar surface area (TPSA) is 41.5 Å². The van der Waals surface area contributed by atoms with Crippen molar-refractivity contribution < 1.29 is 9.84 Å². The van der Waals surface area contributed by atoms with Gasteiger partial charge in [0.05, 0.1) is 28.9 Å². The molecule has 6 heteroatoms. The van der Waals surface area contributed by atoms with Crippen LogP contribution in [0.2, 0.25) is 10.0 Å². The molecule has 2 rings (SSSR count). The van der Waals surface area contributed by atoms with Crippen LogP contribution in [0.5, 0.6) is 11.5 Å². The highest BCUT2D eigenvalue weighted by atomic mass is 79.9. The van der Waals surface area contributed by atoms with Crippen molar-refractivity contribution >= 4 is 44.8 Å². The second-order valence-electron chi connectivity index (χ2n) is 4.51. The smallest absolute Gasteiger partial charge is 0.124 e. The molecule has 0 heterocycles. The molecule has 1 unspecified atom stereocenters. The van der Waals surface area contributed by atoms with Gasteiger partial charge in [0, 0.05) is 16.1 Å². The summed E-state index contributed by atoms with van der Waals surface area (Å²) in [6.07, 6.45) is 0. The minimum Gasteiger partial charge on any atom is -0.507 e. The quantitative estimate of drug-likeness (QED) is 0.663. The van der Waals surface area contributed by atoms with E-state index in [0.717, 1.165) is 10.0 Å². The van der Waals surface area contributed by atoms with Crippen LogP contribution in [0.3, 0.4) is 0 Å². The van der Waals surface area contributed by atoms with E-state index in [2.05, 4.69) is 21.2 Å². The summed E-state index contributed by atoms with van der Waals surface area (Å²) in [5.41, 5.74) is 1.44. The maximum absolute atomic E-state index is 10.1. The predicted octanol–water partition coefficient (Wildman–Crippen LogP) is 5.64. The van der Waals surface area contributed by atoms with Crippen LogP contribution in [0.15, 0.2) is 34.8 Å². The average Bonchev–Trinajstić information content (AvgIpc) is 2.47. The number of rotatable bonds is 4. The van der Waals surface area contributed by atoms with Crippen LogP contribution in [0.4, 0.5) is 5.69 Å². The molecule has 21 heavy (non-hydrogen) atoms. The summed E-state index contributed by atoms with van der Waals surface area (Å²) >= 11 is 15.6. The van der Waals surface area contributed by atoms with Gasteiger partial charge in [-0.1, -0.05) is 23.2 Å². The molecule has 0 fully saturated rings. The van der Waals surface area contributed by atoms with Gasteiger partial charge in [0.25, 0.3) is 0 Å². The highest BCUT2D eigenvalue weighted by Gasteiger charge is 2.14. The van der Waals surface area contributed by atoms with Gasteiger partial charge in [-0.3, -0.25) is 0 Å². The zero-order valence-corrected chi connectivity index (χ0v) is 14.6. The van der Waals surface area contributed by atoms with Crippen molar-refractivity contribution in [1.29, 1.82) is 0 Å². The van der Waals surface area contributed by atoms with E-state index < -0.39 is 0 Å². The van der Waals surface area contributed by atoms with E-state index in [0.29, 0.717) is 21.5 Å². The Balaban J connectivity index is 2.26. The Morgan fingerprint density at radius 3 is 2.52 bits per heavy atom. The molecule has 0 bridgehead atoms. The first-order valence-corrected chi connectivity index (χ1v) is 7.76. The Labute approximate surface area is 142 Å². The number of hydrogen-bond acceptors (Lipinski definition) is 3. The van der Waals surface area contributed by atoms with Gasteiger partial charge in [-0.05, 0) is 47.1 Å². The summed E-state index contributed by atoms with van der Waals surface area (Å²) in [7, 11) is 1.56. The Morgan fingerprint density at radius 1 is 1.19 bits per heavy atom. The van der Waals surface area contributed by atoms with Crippen molar-refractivity contribution in [2.24, 2.45) is 0 Å². The maximum Gasteiger partial charge on any atom is 0.124 e. The molecule has 3 nitrogen and oxygen atoms in total. The molecular weight excluding hydrogens is 377 g/mol. The third-order valence-corrected chi connectivity index (χ3v) is 4.88. The number of nitrogens with one attached hydrogen (secondary N) is 1. The van der Waals surface area contributed by atoms with Crippen molar-refractivity contribution in [2.45, 2.75) is 13.0 Å². The fourth-order valence-electron chi connectivity index (χ4n) is 1.96. The number of phenolic OH excluding ortho intramolecular Hbond substituents is 1. The van der Waals surface area contributed by atoms with E-state index in [1.165, 1.54) is 0 Å². The molecule has 0 aliphatic carbocycles. The number of methoxy groups -OCH3 is 1. The van der Waals surface area contributed by atoms with Crippen LogP contribution in [0.25, 0.3) is 0 Å². The molecule has 2 aromatic carbocycles. The Kier molecular flexibility index (Phi) is 5.25. The van der Waals surface area contributed by atoms with Gasteiger partial charge < -0.3 is 15.2 Å². The van der Waals surface area contributed by atoms with Crippen LogP contribution in [-0.2, 0) is 0 Å². The van der Waals surface area contributed by atoms with E-state index in [4.69, 9.17) is 27.9 Å². The largest absolute Gasteiger partial charge is 0.507 e.